The highest BCUT2D eigenvalue weighted by molar-refractivity contribution is 6.31. The maximum absolute atomic E-state index is 13.3. The van der Waals surface area contributed by atoms with Crippen molar-refractivity contribution in [3.63, 3.8) is 0 Å². The van der Waals surface area contributed by atoms with Crippen molar-refractivity contribution in [2.75, 3.05) is 0 Å². The van der Waals surface area contributed by atoms with Crippen LogP contribution in [0.4, 0.5) is 0 Å². The Kier molecular flexibility index (Phi) is 5.29. The molecule has 0 atom stereocenters. The summed E-state index contributed by atoms with van der Waals surface area (Å²) in [5, 5.41) is 0. The zero-order valence-corrected chi connectivity index (χ0v) is 15.8. The van der Waals surface area contributed by atoms with Gasteiger partial charge in [0, 0.05) is 18.0 Å². The third-order valence-electron chi connectivity index (χ3n) is 4.22. The van der Waals surface area contributed by atoms with Crippen molar-refractivity contribution in [2.24, 2.45) is 0 Å². The lowest BCUT2D eigenvalue weighted by atomic mass is 10.0. The van der Waals surface area contributed by atoms with Gasteiger partial charge in [0.05, 0.1) is 11.8 Å². The first-order chi connectivity index (χ1) is 14.2. The van der Waals surface area contributed by atoms with Gasteiger partial charge in [0.25, 0.3) is 0 Å². The fourth-order valence-corrected chi connectivity index (χ4v) is 2.83. The van der Waals surface area contributed by atoms with Gasteiger partial charge in [-0.1, -0.05) is 24.3 Å². The number of aromatic nitrogens is 2. The molecule has 0 aliphatic heterocycles. The molecule has 5 heteroatoms. The summed E-state index contributed by atoms with van der Waals surface area (Å²) < 4.78 is 11.3. The molecule has 0 aliphatic rings. The number of benzene rings is 2. The van der Waals surface area contributed by atoms with Gasteiger partial charge in [-0.25, -0.2) is 4.98 Å². The van der Waals surface area contributed by atoms with Gasteiger partial charge in [-0.2, -0.15) is 0 Å². The van der Waals surface area contributed by atoms with Crippen LogP contribution in [-0.2, 0) is 0 Å². The maximum Gasteiger partial charge on any atom is 0.231 e. The lowest BCUT2D eigenvalue weighted by Crippen LogP contribution is -2.03. The van der Waals surface area contributed by atoms with E-state index in [4.69, 9.17) is 9.15 Å². The highest BCUT2D eigenvalue weighted by Gasteiger charge is 2.20. The number of nitrogens with zero attached hydrogens (tertiary/aromatic N) is 2. The van der Waals surface area contributed by atoms with Gasteiger partial charge in [0.2, 0.25) is 5.89 Å². The molecule has 0 saturated carbocycles. The van der Waals surface area contributed by atoms with Gasteiger partial charge in [0.1, 0.15) is 11.3 Å². The minimum Gasteiger partial charge on any atom is -0.465 e. The Bertz CT molecular complexity index is 1160. The number of rotatable bonds is 6. The van der Waals surface area contributed by atoms with E-state index in [9.17, 15) is 4.79 Å². The average molecular weight is 382 g/mol. The molecule has 2 aromatic carbocycles. The lowest BCUT2D eigenvalue weighted by molar-refractivity contribution is 0.105. The number of hydrogen-bond donors (Lipinski definition) is 0. The molecule has 0 spiro atoms. The summed E-state index contributed by atoms with van der Waals surface area (Å²) in [6, 6.07) is 18.1. The number of para-hydroxylation sites is 2. The van der Waals surface area contributed by atoms with E-state index < -0.39 is 0 Å². The zero-order chi connectivity index (χ0) is 20.1. The fourth-order valence-electron chi connectivity index (χ4n) is 2.83. The maximum atomic E-state index is 13.3. The lowest BCUT2D eigenvalue weighted by Gasteiger charge is -2.05. The van der Waals surface area contributed by atoms with Gasteiger partial charge in [-0.15, -0.1) is 0 Å². The van der Waals surface area contributed by atoms with Crippen molar-refractivity contribution in [1.29, 1.82) is 0 Å². The molecule has 0 fully saturated rings. The molecule has 142 valence electrons. The van der Waals surface area contributed by atoms with Crippen molar-refractivity contribution in [1.82, 2.24) is 9.97 Å². The SMILES string of the molecule is C/C=C/Oc1ccc(C(=O)/C(=C\c2cccnc2)c2nc3ccccc3o2)cc1. The first-order valence-corrected chi connectivity index (χ1v) is 9.15. The Morgan fingerprint density at radius 1 is 1.03 bits per heavy atom. The summed E-state index contributed by atoms with van der Waals surface area (Å²) in [6.07, 6.45) is 8.49. The van der Waals surface area contributed by atoms with Crippen molar-refractivity contribution in [3.8, 4) is 5.75 Å². The van der Waals surface area contributed by atoms with E-state index in [-0.39, 0.29) is 11.7 Å². The predicted molar refractivity (Wildman–Crippen MR) is 112 cm³/mol. The Labute approximate surface area is 168 Å². The van der Waals surface area contributed by atoms with E-state index in [1.807, 2.05) is 43.3 Å². The van der Waals surface area contributed by atoms with Gasteiger partial charge < -0.3 is 9.15 Å². The number of pyridine rings is 1. The average Bonchev–Trinajstić information content (AvgIpc) is 3.20. The second-order valence-corrected chi connectivity index (χ2v) is 6.27. The monoisotopic (exact) mass is 382 g/mol. The van der Waals surface area contributed by atoms with E-state index in [1.165, 1.54) is 0 Å². The molecule has 29 heavy (non-hydrogen) atoms. The number of ketones is 1. The summed E-state index contributed by atoms with van der Waals surface area (Å²) >= 11 is 0. The molecule has 0 saturated heterocycles. The van der Waals surface area contributed by atoms with Crippen molar-refractivity contribution < 1.29 is 13.9 Å². The minimum atomic E-state index is -0.196. The quantitative estimate of drug-likeness (QED) is 0.248. The number of allylic oxidation sites excluding steroid dienone is 2. The summed E-state index contributed by atoms with van der Waals surface area (Å²) in [6.45, 7) is 1.87. The number of fused-ring (bicyclic) bond motifs is 1. The second kappa shape index (κ2) is 8.35. The Balaban J connectivity index is 1.75. The van der Waals surface area contributed by atoms with Crippen LogP contribution in [0.2, 0.25) is 0 Å². The van der Waals surface area contributed by atoms with E-state index in [2.05, 4.69) is 9.97 Å². The summed E-state index contributed by atoms with van der Waals surface area (Å²) in [4.78, 5) is 21.9. The third-order valence-corrected chi connectivity index (χ3v) is 4.22. The van der Waals surface area contributed by atoms with Crippen LogP contribution >= 0.6 is 0 Å². The van der Waals surface area contributed by atoms with Crippen LogP contribution in [0.1, 0.15) is 28.7 Å². The summed E-state index contributed by atoms with van der Waals surface area (Å²) in [7, 11) is 0. The number of oxazole rings is 1. The standard InChI is InChI=1S/C24H18N2O3/c1-2-14-28-19-11-9-18(10-12-19)23(27)20(15-17-6-5-13-25-16-17)24-26-21-7-3-4-8-22(21)29-24/h2-16H,1H3/b14-2+,20-15+. The highest BCUT2D eigenvalue weighted by Crippen LogP contribution is 2.26. The Morgan fingerprint density at radius 3 is 2.59 bits per heavy atom. The van der Waals surface area contributed by atoms with Gasteiger partial charge in [0.15, 0.2) is 11.4 Å². The first kappa shape index (κ1) is 18.4. The molecule has 4 rings (SSSR count). The number of carbonyl (C=O) groups is 1. The van der Waals surface area contributed by atoms with Gasteiger partial charge >= 0.3 is 0 Å². The molecule has 2 heterocycles. The first-order valence-electron chi connectivity index (χ1n) is 9.15. The van der Waals surface area contributed by atoms with Crippen LogP contribution in [0.15, 0.2) is 89.8 Å². The molecule has 0 aliphatic carbocycles. The largest absolute Gasteiger partial charge is 0.465 e. The number of ether oxygens (including phenoxy) is 1. The van der Waals surface area contributed by atoms with Gasteiger partial charge in [-0.3, -0.25) is 9.78 Å². The van der Waals surface area contributed by atoms with E-state index >= 15 is 0 Å². The smallest absolute Gasteiger partial charge is 0.231 e. The molecule has 4 aromatic rings. The molecule has 0 radical (unpaired) electrons. The predicted octanol–water partition coefficient (Wildman–Crippen LogP) is 5.56. The Morgan fingerprint density at radius 2 is 1.86 bits per heavy atom. The van der Waals surface area contributed by atoms with Gasteiger partial charge in [-0.05, 0) is 61.0 Å². The highest BCUT2D eigenvalue weighted by atomic mass is 16.5. The summed E-state index contributed by atoms with van der Waals surface area (Å²) in [5.74, 6) is 0.728. The van der Waals surface area contributed by atoms with E-state index in [1.54, 1.807) is 55.1 Å². The van der Waals surface area contributed by atoms with Crippen LogP contribution in [0.25, 0.3) is 22.7 Å². The minimum absolute atomic E-state index is 0.196. The number of Topliss-reactive ketones (excluding diaryl/α,β-unsaturated/α-hetero) is 1. The van der Waals surface area contributed by atoms with Crippen LogP contribution in [-0.4, -0.2) is 15.8 Å². The second-order valence-electron chi connectivity index (χ2n) is 6.27. The molecule has 0 unspecified atom stereocenters. The van der Waals surface area contributed by atoms with Crippen molar-refractivity contribution >= 4 is 28.5 Å². The molecule has 2 aromatic heterocycles. The molecule has 5 nitrogen and oxygen atoms in total. The molecule has 0 amide bonds. The topological polar surface area (TPSA) is 65.2 Å². The normalized spacial score (nSPS) is 11.8. The fraction of sp³-hybridized carbons (Fsp3) is 0.0417. The third kappa shape index (κ3) is 4.14. The van der Waals surface area contributed by atoms with Crippen LogP contribution in [0.3, 0.4) is 0 Å². The van der Waals surface area contributed by atoms with E-state index in [0.29, 0.717) is 28.0 Å². The molecular weight excluding hydrogens is 364 g/mol. The van der Waals surface area contributed by atoms with Crippen molar-refractivity contribution in [3.05, 3.63) is 102 Å². The number of hydrogen-bond acceptors (Lipinski definition) is 5. The van der Waals surface area contributed by atoms with E-state index in [0.717, 1.165) is 5.56 Å². The molecular formula is C24H18N2O3. The Hall–Kier alpha value is -3.99. The molecule has 0 N–H and O–H groups in total. The molecule has 0 bridgehead atoms. The zero-order valence-electron chi connectivity index (χ0n) is 15.8. The van der Waals surface area contributed by atoms with Crippen LogP contribution < -0.4 is 4.74 Å². The van der Waals surface area contributed by atoms with Crippen molar-refractivity contribution in [2.45, 2.75) is 6.92 Å². The summed E-state index contributed by atoms with van der Waals surface area (Å²) in [5.41, 5.74) is 2.97. The van der Waals surface area contributed by atoms with Crippen LogP contribution in [0.5, 0.6) is 5.75 Å². The van der Waals surface area contributed by atoms with Crippen LogP contribution in [0, 0.1) is 0 Å². The number of carbonyl (C=O) groups excluding carboxylic acids is 1.